The van der Waals surface area contributed by atoms with E-state index in [4.69, 9.17) is 4.42 Å². The third-order valence-electron chi connectivity index (χ3n) is 14.8. The van der Waals surface area contributed by atoms with Crippen LogP contribution in [0.1, 0.15) is 25.0 Å². The smallest absolute Gasteiger partial charge is 0.145 e. The maximum atomic E-state index is 7.12. The van der Waals surface area contributed by atoms with Crippen LogP contribution in [0.5, 0.6) is 0 Å². The first-order chi connectivity index (χ1) is 33.5. The fourth-order valence-corrected chi connectivity index (χ4v) is 11.6. The number of benzene rings is 11. The SMILES string of the molecule is CC1(C)c2ccccc2-c2ccc(-c3ccc(N(c4ccc5c(oc6ccccc65)c4-c4ccccc4-n4c5ccccc5c5ccccc54)c4cc5ccccc5c5ccccc45)cc3)cc21. The summed E-state index contributed by atoms with van der Waals surface area (Å²) in [7, 11) is 0. The molecule has 0 amide bonds. The molecule has 0 fully saturated rings. The molecule has 1 aliphatic rings. The zero-order valence-corrected chi connectivity index (χ0v) is 37.7. The Morgan fingerprint density at radius 3 is 1.76 bits per heavy atom. The summed E-state index contributed by atoms with van der Waals surface area (Å²) < 4.78 is 9.56. The molecule has 320 valence electrons. The van der Waals surface area contributed by atoms with Crippen molar-refractivity contribution in [1.82, 2.24) is 4.57 Å². The van der Waals surface area contributed by atoms with Crippen LogP contribution in [0.25, 0.3) is 104 Å². The number of hydrogen-bond acceptors (Lipinski definition) is 2. The summed E-state index contributed by atoms with van der Waals surface area (Å²) in [6, 6.07) is 84.5. The molecule has 11 aromatic carbocycles. The van der Waals surface area contributed by atoms with Gasteiger partial charge >= 0.3 is 0 Å². The lowest BCUT2D eigenvalue weighted by molar-refractivity contribution is 0.660. The van der Waals surface area contributed by atoms with Crippen molar-refractivity contribution in [3.05, 3.63) is 242 Å². The maximum absolute atomic E-state index is 7.12. The second-order valence-corrected chi connectivity index (χ2v) is 18.8. The number of aromatic nitrogens is 1. The van der Waals surface area contributed by atoms with E-state index in [-0.39, 0.29) is 5.41 Å². The van der Waals surface area contributed by atoms with E-state index in [0.29, 0.717) is 0 Å². The fourth-order valence-electron chi connectivity index (χ4n) is 11.6. The molecule has 0 aliphatic heterocycles. The predicted molar refractivity (Wildman–Crippen MR) is 286 cm³/mol. The summed E-state index contributed by atoms with van der Waals surface area (Å²) in [6.07, 6.45) is 0. The van der Waals surface area contributed by atoms with Gasteiger partial charge < -0.3 is 13.9 Å². The van der Waals surface area contributed by atoms with Crippen LogP contribution in [0.2, 0.25) is 0 Å². The summed E-state index contributed by atoms with van der Waals surface area (Å²) >= 11 is 0. The molecule has 0 radical (unpaired) electrons. The van der Waals surface area contributed by atoms with Crippen LogP contribution in [-0.4, -0.2) is 4.57 Å². The third kappa shape index (κ3) is 5.60. The van der Waals surface area contributed by atoms with Gasteiger partial charge in [0.1, 0.15) is 11.2 Å². The van der Waals surface area contributed by atoms with Crippen molar-refractivity contribution in [2.24, 2.45) is 0 Å². The Morgan fingerprint density at radius 2 is 0.985 bits per heavy atom. The highest BCUT2D eigenvalue weighted by molar-refractivity contribution is 6.18. The van der Waals surface area contributed by atoms with Crippen molar-refractivity contribution in [3.63, 3.8) is 0 Å². The Kier molecular flexibility index (Phi) is 8.33. The first kappa shape index (κ1) is 38.6. The Labute approximate surface area is 394 Å². The van der Waals surface area contributed by atoms with Gasteiger partial charge in [-0.05, 0) is 110 Å². The minimum Gasteiger partial charge on any atom is -0.455 e. The summed E-state index contributed by atoms with van der Waals surface area (Å²) in [4.78, 5) is 2.48. The topological polar surface area (TPSA) is 21.3 Å². The molecule has 0 saturated heterocycles. The predicted octanol–water partition coefficient (Wildman–Crippen LogP) is 18.1. The molecule has 3 heteroatoms. The van der Waals surface area contributed by atoms with Crippen molar-refractivity contribution in [1.29, 1.82) is 0 Å². The van der Waals surface area contributed by atoms with Crippen molar-refractivity contribution in [2.75, 3.05) is 4.90 Å². The van der Waals surface area contributed by atoms with Crippen LogP contribution in [0.3, 0.4) is 0 Å². The molecule has 0 atom stereocenters. The lowest BCUT2D eigenvalue weighted by atomic mass is 9.81. The van der Waals surface area contributed by atoms with E-state index >= 15 is 0 Å². The highest BCUT2D eigenvalue weighted by Crippen LogP contribution is 2.52. The van der Waals surface area contributed by atoms with Gasteiger partial charge in [-0.3, -0.25) is 0 Å². The Bertz CT molecular complexity index is 4130. The highest BCUT2D eigenvalue weighted by atomic mass is 16.3. The Balaban J connectivity index is 1.05. The highest BCUT2D eigenvalue weighted by Gasteiger charge is 2.35. The number of fused-ring (bicyclic) bond motifs is 12. The minimum atomic E-state index is -0.0863. The van der Waals surface area contributed by atoms with Gasteiger partial charge in [0.05, 0.1) is 33.7 Å². The number of anilines is 3. The van der Waals surface area contributed by atoms with Gasteiger partial charge in [-0.2, -0.15) is 0 Å². The molecule has 0 N–H and O–H groups in total. The van der Waals surface area contributed by atoms with E-state index in [0.717, 1.165) is 66.8 Å². The lowest BCUT2D eigenvalue weighted by Gasteiger charge is -2.30. The number of hydrogen-bond donors (Lipinski definition) is 0. The molecule has 0 bridgehead atoms. The van der Waals surface area contributed by atoms with Crippen LogP contribution < -0.4 is 4.90 Å². The number of para-hydroxylation sites is 4. The van der Waals surface area contributed by atoms with Crippen molar-refractivity contribution in [3.8, 4) is 39.1 Å². The summed E-state index contributed by atoms with van der Waals surface area (Å²) in [5.41, 5.74) is 18.1. The second kappa shape index (κ2) is 14.7. The van der Waals surface area contributed by atoms with Crippen molar-refractivity contribution < 1.29 is 4.42 Å². The van der Waals surface area contributed by atoms with E-state index in [1.165, 1.54) is 65.7 Å². The van der Waals surface area contributed by atoms with E-state index < -0.39 is 0 Å². The van der Waals surface area contributed by atoms with Gasteiger partial charge in [-0.1, -0.05) is 184 Å². The van der Waals surface area contributed by atoms with Crippen LogP contribution in [0.15, 0.2) is 235 Å². The normalized spacial score (nSPS) is 13.0. The second-order valence-electron chi connectivity index (χ2n) is 18.8. The summed E-state index contributed by atoms with van der Waals surface area (Å²) in [6.45, 7) is 4.71. The average molecular weight is 869 g/mol. The minimum absolute atomic E-state index is 0.0863. The number of nitrogens with zero attached hydrogens (tertiary/aromatic N) is 2. The van der Waals surface area contributed by atoms with Crippen LogP contribution in [-0.2, 0) is 5.41 Å². The molecule has 0 spiro atoms. The first-order valence-electron chi connectivity index (χ1n) is 23.6. The standard InChI is InChI=1S/C65H44N2O/c1-65(2)55-26-12-7-20-47(55)48-36-33-42(39-56(48)65)41-31-34-44(35-32-41)66(61-40-43-17-3-4-18-45(43)46-19-5-6-21-49(46)61)60-38-37-53-52-24-11-16-30-62(52)68-64(53)63(60)54-25-10-15-29-59(54)67-57-27-13-8-22-50(57)51-23-9-14-28-58(51)67/h3-40H,1-2H3. The van der Waals surface area contributed by atoms with Gasteiger partial charge in [0, 0.05) is 43.6 Å². The molecule has 1 aliphatic carbocycles. The van der Waals surface area contributed by atoms with Gasteiger partial charge in [0.15, 0.2) is 0 Å². The van der Waals surface area contributed by atoms with E-state index in [2.05, 4.69) is 254 Å². The molecular formula is C65H44N2O. The molecule has 68 heavy (non-hydrogen) atoms. The van der Waals surface area contributed by atoms with Crippen molar-refractivity contribution >= 4 is 82.4 Å². The molecular weight excluding hydrogens is 825 g/mol. The monoisotopic (exact) mass is 868 g/mol. The van der Waals surface area contributed by atoms with Crippen LogP contribution in [0.4, 0.5) is 17.1 Å². The molecule has 2 heterocycles. The first-order valence-corrected chi connectivity index (χ1v) is 23.6. The van der Waals surface area contributed by atoms with Gasteiger partial charge in [0.25, 0.3) is 0 Å². The largest absolute Gasteiger partial charge is 0.455 e. The Hall–Kier alpha value is -8.66. The summed E-state index contributed by atoms with van der Waals surface area (Å²) in [5, 5.41) is 9.41. The molecule has 0 unspecified atom stereocenters. The fraction of sp³-hybridized carbons (Fsp3) is 0.0462. The van der Waals surface area contributed by atoms with E-state index in [1.54, 1.807) is 0 Å². The zero-order chi connectivity index (χ0) is 45.1. The molecule has 2 aromatic heterocycles. The van der Waals surface area contributed by atoms with E-state index in [1.807, 2.05) is 0 Å². The molecule has 0 saturated carbocycles. The lowest BCUT2D eigenvalue weighted by Crippen LogP contribution is -2.14. The molecule has 13 aromatic rings. The van der Waals surface area contributed by atoms with Crippen LogP contribution in [0, 0.1) is 0 Å². The average Bonchev–Trinajstić information content (AvgIpc) is 4.02. The zero-order valence-electron chi connectivity index (χ0n) is 37.7. The van der Waals surface area contributed by atoms with Crippen LogP contribution >= 0.6 is 0 Å². The van der Waals surface area contributed by atoms with Gasteiger partial charge in [-0.25, -0.2) is 0 Å². The van der Waals surface area contributed by atoms with Gasteiger partial charge in [-0.15, -0.1) is 0 Å². The third-order valence-corrected chi connectivity index (χ3v) is 14.8. The van der Waals surface area contributed by atoms with E-state index in [9.17, 15) is 0 Å². The maximum Gasteiger partial charge on any atom is 0.145 e. The summed E-state index contributed by atoms with van der Waals surface area (Å²) in [5.74, 6) is 0. The Morgan fingerprint density at radius 1 is 0.397 bits per heavy atom. The van der Waals surface area contributed by atoms with Gasteiger partial charge in [0.2, 0.25) is 0 Å². The number of furan rings is 1. The number of rotatable bonds is 6. The molecule has 14 rings (SSSR count). The molecule has 3 nitrogen and oxygen atoms in total. The van der Waals surface area contributed by atoms with Crippen molar-refractivity contribution in [2.45, 2.75) is 19.3 Å². The quantitative estimate of drug-likeness (QED) is 0.155.